The van der Waals surface area contributed by atoms with Crippen molar-refractivity contribution >= 4 is 14.2 Å². The standard InChI is InChI=1S/C21H35NO4Si/c1-20(2,3)27(8,9)26-16(15-13-11-10-12-14-15)17-18(19(23)22(6)7)25-21(4,5)24-17/h10-14,16-18H,1-9H3/t16-,17+,18-/m1/s1. The van der Waals surface area contributed by atoms with Crippen molar-refractivity contribution in [2.75, 3.05) is 14.1 Å². The number of rotatable bonds is 5. The average molecular weight is 394 g/mol. The van der Waals surface area contributed by atoms with Crippen molar-refractivity contribution in [1.29, 1.82) is 0 Å². The van der Waals surface area contributed by atoms with Gasteiger partial charge in [0.25, 0.3) is 5.91 Å². The summed E-state index contributed by atoms with van der Waals surface area (Å²) in [6.45, 7) is 14.7. The van der Waals surface area contributed by atoms with E-state index >= 15 is 0 Å². The number of amides is 1. The topological polar surface area (TPSA) is 48.0 Å². The van der Waals surface area contributed by atoms with Gasteiger partial charge in [0, 0.05) is 14.1 Å². The Morgan fingerprint density at radius 1 is 1.15 bits per heavy atom. The first-order valence-electron chi connectivity index (χ1n) is 9.55. The predicted octanol–water partition coefficient (Wildman–Crippen LogP) is 4.36. The lowest BCUT2D eigenvalue weighted by molar-refractivity contribution is -0.162. The van der Waals surface area contributed by atoms with Crippen LogP contribution in [0.2, 0.25) is 18.1 Å². The molecule has 1 heterocycles. The van der Waals surface area contributed by atoms with E-state index in [1.807, 2.05) is 44.2 Å². The fourth-order valence-corrected chi connectivity index (χ4v) is 4.18. The van der Waals surface area contributed by atoms with E-state index in [0.29, 0.717) is 0 Å². The summed E-state index contributed by atoms with van der Waals surface area (Å²) in [4.78, 5) is 14.4. The van der Waals surface area contributed by atoms with Gasteiger partial charge in [0.1, 0.15) is 6.10 Å². The van der Waals surface area contributed by atoms with Crippen molar-refractivity contribution in [3.8, 4) is 0 Å². The first kappa shape index (κ1) is 22.1. The molecule has 3 atom stereocenters. The van der Waals surface area contributed by atoms with Crippen LogP contribution in [0.1, 0.15) is 46.3 Å². The molecule has 1 saturated heterocycles. The molecule has 1 aromatic rings. The molecule has 0 bridgehead atoms. The highest BCUT2D eigenvalue weighted by Gasteiger charge is 2.52. The first-order valence-corrected chi connectivity index (χ1v) is 12.5. The molecule has 0 N–H and O–H groups in total. The van der Waals surface area contributed by atoms with Gasteiger partial charge in [-0.3, -0.25) is 4.79 Å². The van der Waals surface area contributed by atoms with E-state index in [9.17, 15) is 4.79 Å². The molecule has 0 spiro atoms. The summed E-state index contributed by atoms with van der Waals surface area (Å²) in [6, 6.07) is 10.0. The second-order valence-electron chi connectivity index (χ2n) is 9.46. The van der Waals surface area contributed by atoms with Gasteiger partial charge in [0.15, 0.2) is 20.2 Å². The van der Waals surface area contributed by atoms with Gasteiger partial charge in [0.2, 0.25) is 0 Å². The van der Waals surface area contributed by atoms with Crippen molar-refractivity contribution < 1.29 is 18.7 Å². The van der Waals surface area contributed by atoms with Crippen LogP contribution in [0.4, 0.5) is 0 Å². The Morgan fingerprint density at radius 3 is 2.19 bits per heavy atom. The molecule has 27 heavy (non-hydrogen) atoms. The quantitative estimate of drug-likeness (QED) is 0.698. The molecule has 1 aliphatic rings. The molecule has 0 saturated carbocycles. The van der Waals surface area contributed by atoms with Crippen LogP contribution in [-0.2, 0) is 18.7 Å². The third-order valence-electron chi connectivity index (χ3n) is 5.47. The zero-order valence-electron chi connectivity index (χ0n) is 18.2. The molecular weight excluding hydrogens is 358 g/mol. The molecule has 0 radical (unpaired) electrons. The Balaban J connectivity index is 2.47. The van der Waals surface area contributed by atoms with Crippen LogP contribution in [-0.4, -0.2) is 51.2 Å². The maximum absolute atomic E-state index is 12.8. The molecule has 0 unspecified atom stereocenters. The summed E-state index contributed by atoms with van der Waals surface area (Å²) in [5.74, 6) is -0.949. The molecule has 1 amide bonds. The second-order valence-corrected chi connectivity index (χ2v) is 14.2. The molecule has 1 aliphatic heterocycles. The molecule has 152 valence electrons. The molecule has 1 fully saturated rings. The highest BCUT2D eigenvalue weighted by atomic mass is 28.4. The van der Waals surface area contributed by atoms with Crippen molar-refractivity contribution in [1.82, 2.24) is 4.90 Å². The van der Waals surface area contributed by atoms with E-state index in [-0.39, 0.29) is 17.0 Å². The van der Waals surface area contributed by atoms with Crippen LogP contribution in [0.3, 0.4) is 0 Å². The zero-order chi connectivity index (χ0) is 20.6. The Morgan fingerprint density at radius 2 is 1.70 bits per heavy atom. The van der Waals surface area contributed by atoms with Crippen LogP contribution < -0.4 is 0 Å². The van der Waals surface area contributed by atoms with Gasteiger partial charge in [-0.05, 0) is 37.5 Å². The van der Waals surface area contributed by atoms with Crippen LogP contribution in [0, 0.1) is 0 Å². The van der Waals surface area contributed by atoms with Gasteiger partial charge in [-0.2, -0.15) is 0 Å². The molecule has 0 aliphatic carbocycles. The van der Waals surface area contributed by atoms with Crippen molar-refractivity contribution in [2.45, 2.75) is 76.8 Å². The minimum atomic E-state index is -2.12. The van der Waals surface area contributed by atoms with E-state index in [1.54, 1.807) is 19.0 Å². The summed E-state index contributed by atoms with van der Waals surface area (Å²) in [5, 5.41) is 0.0378. The van der Waals surface area contributed by atoms with Gasteiger partial charge in [-0.15, -0.1) is 0 Å². The fourth-order valence-electron chi connectivity index (χ4n) is 2.92. The second kappa shape index (κ2) is 7.66. The van der Waals surface area contributed by atoms with Gasteiger partial charge < -0.3 is 18.8 Å². The summed E-state index contributed by atoms with van der Waals surface area (Å²) in [6.07, 6.45) is -1.58. The Labute approximate surface area is 165 Å². The predicted molar refractivity (Wildman–Crippen MR) is 110 cm³/mol. The maximum Gasteiger partial charge on any atom is 0.254 e. The smallest absolute Gasteiger partial charge is 0.254 e. The summed E-state index contributed by atoms with van der Waals surface area (Å²) in [5.41, 5.74) is 1.00. The highest BCUT2D eigenvalue weighted by molar-refractivity contribution is 6.74. The van der Waals surface area contributed by atoms with E-state index in [1.165, 1.54) is 0 Å². The van der Waals surface area contributed by atoms with Crippen LogP contribution in [0.25, 0.3) is 0 Å². The molecule has 5 nitrogen and oxygen atoms in total. The molecule has 0 aromatic heterocycles. The van der Waals surface area contributed by atoms with Crippen molar-refractivity contribution in [2.24, 2.45) is 0 Å². The number of ether oxygens (including phenoxy) is 2. The van der Waals surface area contributed by atoms with E-state index in [4.69, 9.17) is 13.9 Å². The molecule has 1 aromatic carbocycles. The lowest BCUT2D eigenvalue weighted by Gasteiger charge is -2.41. The lowest BCUT2D eigenvalue weighted by atomic mass is 10.00. The Bertz CT molecular complexity index is 652. The lowest BCUT2D eigenvalue weighted by Crippen LogP contribution is -2.48. The molecule has 6 heteroatoms. The minimum absolute atomic E-state index is 0.0378. The third-order valence-corrected chi connectivity index (χ3v) is 9.92. The van der Waals surface area contributed by atoms with Gasteiger partial charge in [-0.1, -0.05) is 51.1 Å². The normalized spacial score (nSPS) is 23.9. The summed E-state index contributed by atoms with van der Waals surface area (Å²) < 4.78 is 19.0. The first-order chi connectivity index (χ1) is 12.3. The average Bonchev–Trinajstić information content (AvgIpc) is 2.87. The number of benzene rings is 1. The molecular formula is C21H35NO4Si. The zero-order valence-corrected chi connectivity index (χ0v) is 19.2. The van der Waals surface area contributed by atoms with Crippen molar-refractivity contribution in [3.63, 3.8) is 0 Å². The van der Waals surface area contributed by atoms with Crippen LogP contribution >= 0.6 is 0 Å². The third kappa shape index (κ3) is 4.99. The minimum Gasteiger partial charge on any atom is -0.407 e. The number of likely N-dealkylation sites (N-methyl/N-ethyl adjacent to an activating group) is 1. The van der Waals surface area contributed by atoms with Gasteiger partial charge >= 0.3 is 0 Å². The van der Waals surface area contributed by atoms with Gasteiger partial charge in [-0.25, -0.2) is 0 Å². The van der Waals surface area contributed by atoms with Crippen molar-refractivity contribution in [3.05, 3.63) is 35.9 Å². The fraction of sp³-hybridized carbons (Fsp3) is 0.667. The highest BCUT2D eigenvalue weighted by Crippen LogP contribution is 2.44. The van der Waals surface area contributed by atoms with E-state index in [0.717, 1.165) is 5.56 Å². The monoisotopic (exact) mass is 393 g/mol. The largest absolute Gasteiger partial charge is 0.407 e. The maximum atomic E-state index is 12.8. The van der Waals surface area contributed by atoms with Crippen LogP contribution in [0.15, 0.2) is 30.3 Å². The van der Waals surface area contributed by atoms with Gasteiger partial charge in [0.05, 0.1) is 6.10 Å². The number of hydrogen-bond acceptors (Lipinski definition) is 4. The van der Waals surface area contributed by atoms with E-state index in [2.05, 4.69) is 33.9 Å². The number of carbonyl (C=O) groups excluding carboxylic acids is 1. The van der Waals surface area contributed by atoms with Crippen LogP contribution in [0.5, 0.6) is 0 Å². The van der Waals surface area contributed by atoms with E-state index < -0.39 is 26.3 Å². The Kier molecular flexibility index (Phi) is 6.26. The summed E-state index contributed by atoms with van der Waals surface area (Å²) >= 11 is 0. The molecule has 2 rings (SSSR count). The summed E-state index contributed by atoms with van der Waals surface area (Å²) in [7, 11) is 1.36. The Hall–Kier alpha value is -1.21. The number of carbonyl (C=O) groups is 1. The SMILES string of the molecule is CN(C)C(=O)[C@@H]1OC(C)(C)O[C@H]1[C@H](O[Si](C)(C)C(C)(C)C)c1ccccc1. The number of nitrogens with zero attached hydrogens (tertiary/aromatic N) is 1. The number of hydrogen-bond donors (Lipinski definition) is 0.